The lowest BCUT2D eigenvalue weighted by Gasteiger charge is -2.12. The summed E-state index contributed by atoms with van der Waals surface area (Å²) in [4.78, 5) is 30.2. The van der Waals surface area contributed by atoms with Crippen molar-refractivity contribution in [3.05, 3.63) is 114 Å². The molecule has 4 aromatic rings. The first-order chi connectivity index (χ1) is 16.5. The van der Waals surface area contributed by atoms with E-state index in [1.165, 1.54) is 7.11 Å². The molecule has 5 nitrogen and oxygen atoms in total. The van der Waals surface area contributed by atoms with E-state index in [1.54, 1.807) is 30.3 Å². The molecule has 34 heavy (non-hydrogen) atoms. The van der Waals surface area contributed by atoms with Crippen LogP contribution < -0.4 is 10.1 Å². The Balaban J connectivity index is 1.46. The lowest BCUT2D eigenvalue weighted by Crippen LogP contribution is -2.13. The summed E-state index contributed by atoms with van der Waals surface area (Å²) < 4.78 is 5.39. The number of hydrogen-bond acceptors (Lipinski definition) is 4. The minimum atomic E-state index is -0.243. The second-order valence-corrected chi connectivity index (χ2v) is 8.01. The second-order valence-electron chi connectivity index (χ2n) is 8.01. The number of hydrogen-bond donors (Lipinski definition) is 1. The van der Waals surface area contributed by atoms with Crippen LogP contribution in [-0.2, 0) is 6.42 Å². The van der Waals surface area contributed by atoms with Crippen LogP contribution >= 0.6 is 0 Å². The molecule has 1 heterocycles. The smallest absolute Gasteiger partial charge is 0.255 e. The number of Topliss-reactive ketones (excluding diaryl/α,β-unsaturated/α-hetero) is 1. The summed E-state index contributed by atoms with van der Waals surface area (Å²) in [7, 11) is 1.53. The van der Waals surface area contributed by atoms with Gasteiger partial charge in [-0.25, -0.2) is 0 Å². The van der Waals surface area contributed by atoms with Gasteiger partial charge in [0.05, 0.1) is 12.7 Å². The number of nitrogens with zero attached hydrogens (tertiary/aromatic N) is 1. The molecule has 0 spiro atoms. The molecule has 0 aliphatic heterocycles. The minimum Gasteiger partial charge on any atom is -0.496 e. The molecule has 1 N–H and O–H groups in total. The van der Waals surface area contributed by atoms with Gasteiger partial charge in [-0.15, -0.1) is 0 Å². The van der Waals surface area contributed by atoms with E-state index in [-0.39, 0.29) is 11.7 Å². The first-order valence-corrected chi connectivity index (χ1v) is 11.1. The zero-order chi connectivity index (χ0) is 23.9. The molecule has 1 amide bonds. The molecule has 170 valence electrons. The lowest BCUT2D eigenvalue weighted by molar-refractivity contribution is 0.0977. The molecular formula is C29H26N2O3. The number of pyridine rings is 1. The van der Waals surface area contributed by atoms with Crippen LogP contribution in [0.2, 0.25) is 0 Å². The van der Waals surface area contributed by atoms with Crippen molar-refractivity contribution >= 4 is 17.4 Å². The van der Waals surface area contributed by atoms with Crippen molar-refractivity contribution in [1.29, 1.82) is 0 Å². The Hall–Kier alpha value is -4.25. The Morgan fingerprint density at radius 3 is 2.29 bits per heavy atom. The van der Waals surface area contributed by atoms with Gasteiger partial charge in [0.25, 0.3) is 5.91 Å². The average molecular weight is 451 g/mol. The molecule has 0 aliphatic rings. The highest BCUT2D eigenvalue weighted by Gasteiger charge is 2.15. The minimum absolute atomic E-state index is 0.0662. The number of carbonyl (C=O) groups excluding carboxylic acids is 2. The summed E-state index contributed by atoms with van der Waals surface area (Å²) in [5.74, 6) is 0.169. The summed E-state index contributed by atoms with van der Waals surface area (Å²) in [6, 6.07) is 28.3. The fourth-order valence-corrected chi connectivity index (χ4v) is 3.77. The SMILES string of the molecule is COc1ccc(NC(=O)c2ccc(-c3ccccc3)cc2)cc1C(=O)CCc1cccc(C)n1. The standard InChI is InChI=1S/C29H26N2O3/c1-20-7-6-10-24(30-20)15-17-27(32)26-19-25(16-18-28(26)34-2)31-29(33)23-13-11-22(12-14-23)21-8-4-3-5-9-21/h3-14,16,18-19H,15,17H2,1-2H3,(H,31,33). The number of methoxy groups -OCH3 is 1. The largest absolute Gasteiger partial charge is 0.496 e. The van der Waals surface area contributed by atoms with Gasteiger partial charge in [-0.1, -0.05) is 48.5 Å². The molecule has 5 heteroatoms. The highest BCUT2D eigenvalue weighted by Crippen LogP contribution is 2.25. The van der Waals surface area contributed by atoms with Crippen molar-refractivity contribution in [2.75, 3.05) is 12.4 Å². The van der Waals surface area contributed by atoms with Crippen LogP contribution in [0.4, 0.5) is 5.69 Å². The Kier molecular flexibility index (Phi) is 7.13. The molecule has 4 rings (SSSR count). The van der Waals surface area contributed by atoms with Crippen molar-refractivity contribution in [1.82, 2.24) is 4.98 Å². The Morgan fingerprint density at radius 2 is 1.59 bits per heavy atom. The van der Waals surface area contributed by atoms with E-state index in [9.17, 15) is 9.59 Å². The number of aromatic nitrogens is 1. The molecule has 3 aromatic carbocycles. The van der Waals surface area contributed by atoms with E-state index in [1.807, 2.05) is 67.6 Å². The van der Waals surface area contributed by atoms with Gasteiger partial charge in [-0.3, -0.25) is 14.6 Å². The van der Waals surface area contributed by atoms with Gasteiger partial charge < -0.3 is 10.1 Å². The predicted molar refractivity (Wildman–Crippen MR) is 134 cm³/mol. The fraction of sp³-hybridized carbons (Fsp3) is 0.138. The maximum Gasteiger partial charge on any atom is 0.255 e. The molecule has 0 saturated heterocycles. The van der Waals surface area contributed by atoms with E-state index < -0.39 is 0 Å². The number of anilines is 1. The number of amides is 1. The molecule has 0 radical (unpaired) electrons. The molecule has 0 bridgehead atoms. The highest BCUT2D eigenvalue weighted by atomic mass is 16.5. The van der Waals surface area contributed by atoms with Crippen molar-refractivity contribution in [2.24, 2.45) is 0 Å². The Bertz CT molecular complexity index is 1300. The van der Waals surface area contributed by atoms with Crippen LogP contribution in [0.1, 0.15) is 38.5 Å². The van der Waals surface area contributed by atoms with Crippen LogP contribution in [0.25, 0.3) is 11.1 Å². The van der Waals surface area contributed by atoms with Gasteiger partial charge in [0.15, 0.2) is 5.78 Å². The maximum atomic E-state index is 12.9. The normalized spacial score (nSPS) is 10.5. The number of rotatable bonds is 8. The molecule has 0 atom stereocenters. The molecule has 1 aromatic heterocycles. The zero-order valence-corrected chi connectivity index (χ0v) is 19.2. The van der Waals surface area contributed by atoms with Crippen LogP contribution in [0.3, 0.4) is 0 Å². The van der Waals surface area contributed by atoms with Crippen LogP contribution in [0, 0.1) is 6.92 Å². The second kappa shape index (κ2) is 10.6. The molecule has 0 aliphatic carbocycles. The van der Waals surface area contributed by atoms with Crippen molar-refractivity contribution in [3.63, 3.8) is 0 Å². The van der Waals surface area contributed by atoms with Crippen molar-refractivity contribution < 1.29 is 14.3 Å². The zero-order valence-electron chi connectivity index (χ0n) is 19.2. The van der Waals surface area contributed by atoms with E-state index in [0.29, 0.717) is 35.4 Å². The van der Waals surface area contributed by atoms with E-state index in [4.69, 9.17) is 4.74 Å². The van der Waals surface area contributed by atoms with Crippen molar-refractivity contribution in [2.45, 2.75) is 19.8 Å². The summed E-state index contributed by atoms with van der Waals surface area (Å²) in [6.45, 7) is 1.93. The Morgan fingerprint density at radius 1 is 0.853 bits per heavy atom. The number of ketones is 1. The number of carbonyl (C=O) groups is 2. The highest BCUT2D eigenvalue weighted by molar-refractivity contribution is 6.06. The lowest BCUT2D eigenvalue weighted by atomic mass is 10.0. The first kappa shape index (κ1) is 22.9. The van der Waals surface area contributed by atoms with Gasteiger partial charge in [-0.05, 0) is 66.9 Å². The van der Waals surface area contributed by atoms with Gasteiger partial charge in [0.1, 0.15) is 5.75 Å². The average Bonchev–Trinajstić information content (AvgIpc) is 2.88. The summed E-state index contributed by atoms with van der Waals surface area (Å²) in [5.41, 5.74) is 5.43. The summed E-state index contributed by atoms with van der Waals surface area (Å²) >= 11 is 0. The third-order valence-electron chi connectivity index (χ3n) is 5.57. The van der Waals surface area contributed by atoms with E-state index >= 15 is 0 Å². The number of ether oxygens (including phenoxy) is 1. The van der Waals surface area contributed by atoms with Gasteiger partial charge in [0.2, 0.25) is 0 Å². The monoisotopic (exact) mass is 450 g/mol. The van der Waals surface area contributed by atoms with Crippen LogP contribution in [0.5, 0.6) is 5.75 Å². The van der Waals surface area contributed by atoms with E-state index in [0.717, 1.165) is 22.5 Å². The van der Waals surface area contributed by atoms with E-state index in [2.05, 4.69) is 10.3 Å². The number of benzene rings is 3. The predicted octanol–water partition coefficient (Wildman–Crippen LogP) is 6.13. The van der Waals surface area contributed by atoms with Crippen LogP contribution in [0.15, 0.2) is 91.0 Å². The molecular weight excluding hydrogens is 424 g/mol. The number of aryl methyl sites for hydroxylation is 2. The quantitative estimate of drug-likeness (QED) is 0.328. The molecule has 0 fully saturated rings. The maximum absolute atomic E-state index is 12.9. The topological polar surface area (TPSA) is 68.3 Å². The Labute approximate surface area is 199 Å². The summed E-state index contributed by atoms with van der Waals surface area (Å²) in [5, 5.41) is 2.89. The molecule has 0 saturated carbocycles. The number of nitrogens with one attached hydrogen (secondary N) is 1. The van der Waals surface area contributed by atoms with Gasteiger partial charge in [0, 0.05) is 29.1 Å². The van der Waals surface area contributed by atoms with Gasteiger partial charge in [-0.2, -0.15) is 0 Å². The van der Waals surface area contributed by atoms with Gasteiger partial charge >= 0.3 is 0 Å². The fourth-order valence-electron chi connectivity index (χ4n) is 3.77. The van der Waals surface area contributed by atoms with Crippen molar-refractivity contribution in [3.8, 4) is 16.9 Å². The summed E-state index contributed by atoms with van der Waals surface area (Å²) in [6.07, 6.45) is 0.833. The third-order valence-corrected chi connectivity index (χ3v) is 5.57. The first-order valence-electron chi connectivity index (χ1n) is 11.1. The third kappa shape index (κ3) is 5.56. The van der Waals surface area contributed by atoms with Crippen LogP contribution in [-0.4, -0.2) is 23.8 Å². The molecule has 0 unspecified atom stereocenters.